The second-order valence-electron chi connectivity index (χ2n) is 7.73. The van der Waals surface area contributed by atoms with Gasteiger partial charge in [-0.15, -0.1) is 0 Å². The molecule has 1 fully saturated rings. The zero-order chi connectivity index (χ0) is 16.2. The van der Waals surface area contributed by atoms with Crippen LogP contribution in [0.5, 0.6) is 5.75 Å². The van der Waals surface area contributed by atoms with Gasteiger partial charge in [0.15, 0.2) is 0 Å². The van der Waals surface area contributed by atoms with Gasteiger partial charge in [-0.2, -0.15) is 0 Å². The Kier molecular flexibility index (Phi) is 5.87. The molecule has 1 saturated carbocycles. The maximum atomic E-state index is 10.2. The molecule has 0 spiro atoms. The Hall–Kier alpha value is -1.06. The predicted molar refractivity (Wildman–Crippen MR) is 90.4 cm³/mol. The molecular weight excluding hydrogens is 274 g/mol. The normalized spacial score (nSPS) is 17.7. The van der Waals surface area contributed by atoms with Crippen LogP contribution in [-0.2, 0) is 5.41 Å². The summed E-state index contributed by atoms with van der Waals surface area (Å²) in [6.07, 6.45) is 4.85. The Bertz CT molecular complexity index is 473. The van der Waals surface area contributed by atoms with Crippen LogP contribution in [0.2, 0.25) is 0 Å². The van der Waals surface area contributed by atoms with Gasteiger partial charge in [0.05, 0.1) is 6.04 Å². The van der Waals surface area contributed by atoms with Crippen LogP contribution in [-0.4, -0.2) is 30.4 Å². The predicted octanol–water partition coefficient (Wildman–Crippen LogP) is 2.54. The van der Waals surface area contributed by atoms with E-state index in [1.165, 1.54) is 36.8 Å². The first kappa shape index (κ1) is 17.3. The van der Waals surface area contributed by atoms with Gasteiger partial charge in [0, 0.05) is 0 Å². The molecule has 124 valence electrons. The molecule has 3 heteroatoms. The van der Waals surface area contributed by atoms with Crippen molar-refractivity contribution in [3.63, 3.8) is 0 Å². The van der Waals surface area contributed by atoms with Gasteiger partial charge in [0.1, 0.15) is 25.0 Å². The van der Waals surface area contributed by atoms with Gasteiger partial charge in [0.25, 0.3) is 0 Å². The van der Waals surface area contributed by atoms with Crippen LogP contribution in [0.25, 0.3) is 0 Å². The molecule has 1 aromatic carbocycles. The summed E-state index contributed by atoms with van der Waals surface area (Å²) in [7, 11) is 0. The largest absolute Gasteiger partial charge is 0.490 e. The Morgan fingerprint density at radius 2 is 1.95 bits per heavy atom. The first-order chi connectivity index (χ1) is 10.4. The first-order valence-electron chi connectivity index (χ1n) is 8.61. The van der Waals surface area contributed by atoms with Gasteiger partial charge in [0.2, 0.25) is 0 Å². The highest BCUT2D eigenvalue weighted by Gasteiger charge is 2.21. The van der Waals surface area contributed by atoms with Gasteiger partial charge in [-0.05, 0) is 49.7 Å². The molecule has 0 radical (unpaired) electrons. The number of aliphatic hydroxyl groups is 1. The van der Waals surface area contributed by atoms with E-state index in [-0.39, 0.29) is 5.41 Å². The first-order valence-corrected chi connectivity index (χ1v) is 8.61. The van der Waals surface area contributed by atoms with Crippen molar-refractivity contribution in [3.05, 3.63) is 29.3 Å². The van der Waals surface area contributed by atoms with Crippen molar-refractivity contribution in [2.75, 3.05) is 13.2 Å². The summed E-state index contributed by atoms with van der Waals surface area (Å²) in [6.45, 7) is 9.79. The minimum absolute atomic E-state index is 0.0439. The van der Waals surface area contributed by atoms with E-state index in [9.17, 15) is 5.11 Å². The van der Waals surface area contributed by atoms with Crippen molar-refractivity contribution < 1.29 is 15.2 Å². The van der Waals surface area contributed by atoms with Gasteiger partial charge in [-0.3, -0.25) is 0 Å². The summed E-state index contributed by atoms with van der Waals surface area (Å²) in [5, 5.41) is 12.5. The molecule has 22 heavy (non-hydrogen) atoms. The van der Waals surface area contributed by atoms with Crippen molar-refractivity contribution in [3.8, 4) is 5.75 Å². The van der Waals surface area contributed by atoms with Crippen LogP contribution in [0.4, 0.5) is 0 Å². The van der Waals surface area contributed by atoms with E-state index in [1.54, 1.807) is 0 Å². The molecule has 1 atom stereocenters. The van der Waals surface area contributed by atoms with Gasteiger partial charge < -0.3 is 15.2 Å². The molecule has 0 saturated heterocycles. The van der Waals surface area contributed by atoms with Crippen molar-refractivity contribution in [1.82, 2.24) is 0 Å². The van der Waals surface area contributed by atoms with Crippen LogP contribution >= 0.6 is 0 Å². The molecule has 1 aromatic rings. The van der Waals surface area contributed by atoms with Crippen molar-refractivity contribution in [2.45, 2.75) is 70.9 Å². The third-order valence-corrected chi connectivity index (χ3v) is 4.52. The topological polar surface area (TPSA) is 46.1 Å². The standard InChI is InChI=1S/C19H31NO2/c1-14-9-10-18(17(11-14)19(2,3)4)22-13-16(21)12-20-15-7-5-6-8-15/h9-11,15-16,20-21H,5-8,12-13H2,1-4H3/p+1/t16-/m1/s1. The molecule has 0 bridgehead atoms. The van der Waals surface area contributed by atoms with E-state index in [2.05, 4.69) is 45.1 Å². The number of hydrogen-bond donors (Lipinski definition) is 2. The third kappa shape index (κ3) is 4.99. The van der Waals surface area contributed by atoms with Crippen molar-refractivity contribution in [1.29, 1.82) is 0 Å². The van der Waals surface area contributed by atoms with Gasteiger partial charge in [-0.25, -0.2) is 0 Å². The van der Waals surface area contributed by atoms with E-state index >= 15 is 0 Å². The molecule has 0 unspecified atom stereocenters. The fourth-order valence-corrected chi connectivity index (χ4v) is 3.15. The number of aliphatic hydroxyl groups excluding tert-OH is 1. The van der Waals surface area contributed by atoms with Crippen LogP contribution < -0.4 is 10.1 Å². The lowest BCUT2D eigenvalue weighted by atomic mass is 9.85. The van der Waals surface area contributed by atoms with E-state index in [0.29, 0.717) is 12.6 Å². The molecule has 0 heterocycles. The average Bonchev–Trinajstić information content (AvgIpc) is 2.96. The molecular formula is C19H32NO2+. The summed E-state index contributed by atoms with van der Waals surface area (Å²) >= 11 is 0. The summed E-state index contributed by atoms with van der Waals surface area (Å²) in [6, 6.07) is 7.00. The van der Waals surface area contributed by atoms with Crippen molar-refractivity contribution >= 4 is 0 Å². The quantitative estimate of drug-likeness (QED) is 0.848. The van der Waals surface area contributed by atoms with Gasteiger partial charge in [-0.1, -0.05) is 38.5 Å². The highest BCUT2D eigenvalue weighted by Crippen LogP contribution is 2.32. The zero-order valence-electron chi connectivity index (χ0n) is 14.6. The monoisotopic (exact) mass is 306 g/mol. The van der Waals surface area contributed by atoms with E-state index in [1.807, 2.05) is 6.07 Å². The molecule has 0 aromatic heterocycles. The molecule has 1 aliphatic rings. The number of ether oxygens (including phenoxy) is 1. The number of rotatable bonds is 6. The Labute approximate surface area is 135 Å². The molecule has 1 aliphatic carbocycles. The molecule has 0 amide bonds. The number of nitrogens with two attached hydrogens (primary N) is 1. The fourth-order valence-electron chi connectivity index (χ4n) is 3.15. The van der Waals surface area contributed by atoms with Crippen LogP contribution in [0.15, 0.2) is 18.2 Å². The lowest BCUT2D eigenvalue weighted by Gasteiger charge is -2.24. The molecule has 2 rings (SSSR count). The minimum Gasteiger partial charge on any atom is -0.490 e. The van der Waals surface area contributed by atoms with Crippen LogP contribution in [0.3, 0.4) is 0 Å². The minimum atomic E-state index is -0.408. The zero-order valence-corrected chi connectivity index (χ0v) is 14.6. The van der Waals surface area contributed by atoms with E-state index in [4.69, 9.17) is 4.74 Å². The van der Waals surface area contributed by atoms with E-state index < -0.39 is 6.10 Å². The Morgan fingerprint density at radius 3 is 2.59 bits per heavy atom. The number of benzene rings is 1. The van der Waals surface area contributed by atoms with E-state index in [0.717, 1.165) is 12.3 Å². The van der Waals surface area contributed by atoms with Crippen LogP contribution in [0, 0.1) is 6.92 Å². The second-order valence-corrected chi connectivity index (χ2v) is 7.73. The summed E-state index contributed by atoms with van der Waals surface area (Å²) < 4.78 is 5.93. The molecule has 3 N–H and O–H groups in total. The third-order valence-electron chi connectivity index (χ3n) is 4.52. The number of aryl methyl sites for hydroxylation is 1. The smallest absolute Gasteiger partial charge is 0.137 e. The molecule has 3 nitrogen and oxygen atoms in total. The Morgan fingerprint density at radius 1 is 1.27 bits per heavy atom. The number of quaternary nitrogens is 1. The highest BCUT2D eigenvalue weighted by molar-refractivity contribution is 5.41. The summed E-state index contributed by atoms with van der Waals surface area (Å²) in [5.74, 6) is 0.901. The fraction of sp³-hybridized carbons (Fsp3) is 0.684. The summed E-state index contributed by atoms with van der Waals surface area (Å²) in [5.41, 5.74) is 2.49. The van der Waals surface area contributed by atoms with Crippen molar-refractivity contribution in [2.24, 2.45) is 0 Å². The van der Waals surface area contributed by atoms with Crippen LogP contribution in [0.1, 0.15) is 57.6 Å². The maximum absolute atomic E-state index is 10.2. The summed E-state index contributed by atoms with van der Waals surface area (Å²) in [4.78, 5) is 0. The Balaban J connectivity index is 1.87. The molecule has 0 aliphatic heterocycles. The number of hydrogen-bond acceptors (Lipinski definition) is 2. The SMILES string of the molecule is Cc1ccc(OC[C@H](O)C[NH2+]C2CCCC2)c(C(C)(C)C)c1. The lowest BCUT2D eigenvalue weighted by Crippen LogP contribution is -2.91. The highest BCUT2D eigenvalue weighted by atomic mass is 16.5. The lowest BCUT2D eigenvalue weighted by molar-refractivity contribution is -0.693. The maximum Gasteiger partial charge on any atom is 0.137 e. The second kappa shape index (κ2) is 7.47. The van der Waals surface area contributed by atoms with Gasteiger partial charge >= 0.3 is 0 Å². The average molecular weight is 306 g/mol.